The number of nitrogens with one attached hydrogen (secondary N) is 1. The Labute approximate surface area is 198 Å². The van der Waals surface area contributed by atoms with Crippen molar-refractivity contribution < 1.29 is 14.4 Å². The molecule has 3 aliphatic rings. The first-order valence-corrected chi connectivity index (χ1v) is 11.8. The lowest BCUT2D eigenvalue weighted by molar-refractivity contribution is -0.154. The van der Waals surface area contributed by atoms with Crippen LogP contribution in [0.5, 0.6) is 0 Å². The van der Waals surface area contributed by atoms with E-state index in [9.17, 15) is 14.4 Å². The van der Waals surface area contributed by atoms with E-state index >= 15 is 0 Å². The predicted molar refractivity (Wildman–Crippen MR) is 126 cm³/mol. The molecule has 3 aliphatic heterocycles. The summed E-state index contributed by atoms with van der Waals surface area (Å²) >= 11 is 6.57. The van der Waals surface area contributed by atoms with E-state index in [2.05, 4.69) is 22.0 Å². The van der Waals surface area contributed by atoms with Gasteiger partial charge in [-0.25, -0.2) is 4.79 Å². The minimum Gasteiger partial charge on any atom is -0.364 e. The van der Waals surface area contributed by atoms with Gasteiger partial charge in [-0.1, -0.05) is 54.9 Å². The van der Waals surface area contributed by atoms with Gasteiger partial charge in [0, 0.05) is 43.3 Å². The number of hydrogen-bond donors (Lipinski definition) is 1. The topological polar surface area (TPSA) is 73.0 Å². The lowest BCUT2D eigenvalue weighted by Gasteiger charge is -2.55. The molecule has 4 amide bonds. The summed E-state index contributed by atoms with van der Waals surface area (Å²) in [7, 11) is 0. The van der Waals surface area contributed by atoms with Gasteiger partial charge in [-0.15, -0.1) is 0 Å². The smallest absolute Gasteiger partial charge is 0.330 e. The van der Waals surface area contributed by atoms with Crippen molar-refractivity contribution in [3.05, 3.63) is 64.7 Å². The highest BCUT2D eigenvalue weighted by Crippen LogP contribution is 2.47. The number of anilines is 1. The molecule has 5 rings (SSSR count). The summed E-state index contributed by atoms with van der Waals surface area (Å²) in [4.78, 5) is 46.0. The first-order valence-electron chi connectivity index (χ1n) is 11.4. The highest BCUT2D eigenvalue weighted by atomic mass is 35.5. The van der Waals surface area contributed by atoms with Crippen LogP contribution in [0.3, 0.4) is 0 Å². The van der Waals surface area contributed by atoms with Gasteiger partial charge in [0.1, 0.15) is 0 Å². The fourth-order valence-electron chi connectivity index (χ4n) is 5.47. The quantitative estimate of drug-likeness (QED) is 0.701. The first-order chi connectivity index (χ1) is 16.0. The summed E-state index contributed by atoms with van der Waals surface area (Å²) < 4.78 is 0. The Morgan fingerprint density at radius 1 is 1.06 bits per heavy atom. The van der Waals surface area contributed by atoms with E-state index in [4.69, 9.17) is 11.6 Å². The van der Waals surface area contributed by atoms with Gasteiger partial charge in [0.05, 0.1) is 6.04 Å². The molecular weight excluding hydrogens is 440 g/mol. The summed E-state index contributed by atoms with van der Waals surface area (Å²) in [5.74, 6) is -0.947. The van der Waals surface area contributed by atoms with E-state index in [0.717, 1.165) is 29.9 Å². The number of hydrogen-bond acceptors (Lipinski definition) is 5. The van der Waals surface area contributed by atoms with Gasteiger partial charge in [-0.2, -0.15) is 0 Å². The van der Waals surface area contributed by atoms with Crippen LogP contribution in [0.1, 0.15) is 18.1 Å². The monoisotopic (exact) mass is 466 g/mol. The first kappa shape index (κ1) is 21.9. The molecule has 7 nitrogen and oxygen atoms in total. The van der Waals surface area contributed by atoms with Crippen molar-refractivity contribution in [2.24, 2.45) is 5.41 Å². The number of carbonyl (C=O) groups excluding carboxylic acids is 3. The van der Waals surface area contributed by atoms with Crippen molar-refractivity contribution in [1.29, 1.82) is 0 Å². The summed E-state index contributed by atoms with van der Waals surface area (Å²) in [6.45, 7) is 5.21. The predicted octanol–water partition coefficient (Wildman–Crippen LogP) is 2.71. The number of fused-ring (bicyclic) bond motifs is 4. The molecule has 0 aliphatic carbocycles. The molecule has 0 saturated carbocycles. The number of piperazine rings is 1. The number of carbonyl (C=O) groups is 3. The van der Waals surface area contributed by atoms with Crippen LogP contribution in [0.2, 0.25) is 5.02 Å². The number of nitrogens with zero attached hydrogens (tertiary/aromatic N) is 3. The van der Waals surface area contributed by atoms with Crippen LogP contribution in [0.4, 0.5) is 10.5 Å². The van der Waals surface area contributed by atoms with Crippen molar-refractivity contribution in [2.75, 3.05) is 37.6 Å². The number of amides is 4. The normalized spacial score (nSPS) is 25.2. The van der Waals surface area contributed by atoms with E-state index in [1.54, 1.807) is 6.07 Å². The molecule has 2 aromatic rings. The van der Waals surface area contributed by atoms with Gasteiger partial charge in [0.25, 0.3) is 0 Å². The number of likely N-dealkylation sites (N-methyl/N-ethyl adjacent to an activating group) is 1. The molecule has 1 N–H and O–H groups in total. The number of imide groups is 2. The second-order valence-corrected chi connectivity index (χ2v) is 9.35. The molecule has 0 radical (unpaired) electrons. The zero-order valence-corrected chi connectivity index (χ0v) is 19.3. The minimum absolute atomic E-state index is 0.181. The van der Waals surface area contributed by atoms with Crippen molar-refractivity contribution in [3.63, 3.8) is 0 Å². The number of benzene rings is 2. The molecule has 2 aromatic carbocycles. The molecule has 2 fully saturated rings. The number of barbiturate groups is 1. The van der Waals surface area contributed by atoms with E-state index in [1.807, 2.05) is 42.5 Å². The van der Waals surface area contributed by atoms with Crippen LogP contribution in [-0.2, 0) is 22.4 Å². The van der Waals surface area contributed by atoms with E-state index in [1.165, 1.54) is 4.90 Å². The molecule has 33 heavy (non-hydrogen) atoms. The number of rotatable bonds is 4. The van der Waals surface area contributed by atoms with Crippen molar-refractivity contribution >= 4 is 35.1 Å². The summed E-state index contributed by atoms with van der Waals surface area (Å²) in [6.07, 6.45) is 0.706. The molecule has 0 unspecified atom stereocenters. The average molecular weight is 467 g/mol. The SMILES string of the molecule is CCN1CCN2c3cccc(Cl)c3C[C@]3(C(=O)NC(=O)N(CCc4ccccc4)C3=O)[C@H]2C1. The molecule has 0 aromatic heterocycles. The molecule has 3 heterocycles. The fraction of sp³-hybridized carbons (Fsp3) is 0.400. The van der Waals surface area contributed by atoms with Gasteiger partial charge >= 0.3 is 6.03 Å². The zero-order chi connectivity index (χ0) is 23.2. The lowest BCUT2D eigenvalue weighted by Crippen LogP contribution is -2.75. The third-order valence-corrected chi connectivity index (χ3v) is 7.66. The third kappa shape index (κ3) is 3.50. The standard InChI is InChI=1S/C25H27ClN4O3/c1-2-28-13-14-29-20-10-6-9-19(26)18(20)15-25(21(29)16-28)22(31)27-24(33)30(23(25)32)12-11-17-7-4-3-5-8-17/h3-10,21H,2,11-16H2,1H3,(H,27,31,33)/t21-,25-/m1/s1. The van der Waals surface area contributed by atoms with Gasteiger partial charge in [0.15, 0.2) is 5.41 Å². The van der Waals surface area contributed by atoms with Crippen LogP contribution in [-0.4, -0.2) is 66.4 Å². The summed E-state index contributed by atoms with van der Waals surface area (Å²) in [6, 6.07) is 14.4. The van der Waals surface area contributed by atoms with Crippen molar-refractivity contribution in [3.8, 4) is 0 Å². The van der Waals surface area contributed by atoms with Gasteiger partial charge in [-0.3, -0.25) is 24.7 Å². The molecule has 8 heteroatoms. The largest absolute Gasteiger partial charge is 0.364 e. The Morgan fingerprint density at radius 2 is 1.85 bits per heavy atom. The van der Waals surface area contributed by atoms with E-state index < -0.39 is 23.3 Å². The Kier molecular flexibility index (Phi) is 5.62. The van der Waals surface area contributed by atoms with Crippen LogP contribution < -0.4 is 10.2 Å². The Hall–Kier alpha value is -2.90. The van der Waals surface area contributed by atoms with E-state index in [-0.39, 0.29) is 19.0 Å². The van der Waals surface area contributed by atoms with Gasteiger partial charge < -0.3 is 4.90 Å². The fourth-order valence-corrected chi connectivity index (χ4v) is 5.71. The second kappa shape index (κ2) is 8.47. The maximum Gasteiger partial charge on any atom is 0.330 e. The van der Waals surface area contributed by atoms with Crippen LogP contribution >= 0.6 is 11.6 Å². The maximum atomic E-state index is 14.1. The maximum absolute atomic E-state index is 14.1. The molecule has 1 spiro atoms. The molecule has 2 atom stereocenters. The number of urea groups is 1. The minimum atomic E-state index is -1.41. The highest BCUT2D eigenvalue weighted by molar-refractivity contribution is 6.32. The van der Waals surface area contributed by atoms with Crippen LogP contribution in [0.15, 0.2) is 48.5 Å². The Balaban J connectivity index is 1.56. The molecular formula is C25H27ClN4O3. The second-order valence-electron chi connectivity index (χ2n) is 8.94. The lowest BCUT2D eigenvalue weighted by atomic mass is 9.67. The van der Waals surface area contributed by atoms with Gasteiger partial charge in [0.2, 0.25) is 11.8 Å². The Morgan fingerprint density at radius 3 is 2.61 bits per heavy atom. The molecule has 172 valence electrons. The Bertz CT molecular complexity index is 1110. The zero-order valence-electron chi connectivity index (χ0n) is 18.6. The van der Waals surface area contributed by atoms with Crippen molar-refractivity contribution in [2.45, 2.75) is 25.8 Å². The van der Waals surface area contributed by atoms with Crippen LogP contribution in [0, 0.1) is 5.41 Å². The van der Waals surface area contributed by atoms with Crippen LogP contribution in [0.25, 0.3) is 0 Å². The third-order valence-electron chi connectivity index (χ3n) is 7.30. The summed E-state index contributed by atoms with van der Waals surface area (Å²) in [5, 5.41) is 3.05. The van der Waals surface area contributed by atoms with Gasteiger partial charge in [-0.05, 0) is 36.2 Å². The van der Waals surface area contributed by atoms with E-state index in [0.29, 0.717) is 24.5 Å². The highest BCUT2D eigenvalue weighted by Gasteiger charge is 2.62. The van der Waals surface area contributed by atoms with Crippen molar-refractivity contribution in [1.82, 2.24) is 15.1 Å². The number of halogens is 1. The summed E-state index contributed by atoms with van der Waals surface area (Å²) in [5.41, 5.74) is 1.39. The molecule has 0 bridgehead atoms. The molecule has 2 saturated heterocycles. The average Bonchev–Trinajstić information content (AvgIpc) is 2.83.